The molecule has 0 atom stereocenters. The SMILES string of the molecule is O=C(Nc1cc2n(n1)CCC2)OCc1ccccc1. The van der Waals surface area contributed by atoms with Crippen molar-refractivity contribution >= 4 is 11.9 Å². The smallest absolute Gasteiger partial charge is 0.413 e. The number of nitrogens with one attached hydrogen (secondary N) is 1. The summed E-state index contributed by atoms with van der Waals surface area (Å²) in [6, 6.07) is 11.5. The number of ether oxygens (including phenoxy) is 1. The largest absolute Gasteiger partial charge is 0.444 e. The monoisotopic (exact) mass is 257 g/mol. The Morgan fingerprint density at radius 3 is 3.00 bits per heavy atom. The molecule has 3 rings (SSSR count). The van der Waals surface area contributed by atoms with Gasteiger partial charge in [-0.3, -0.25) is 10.00 Å². The lowest BCUT2D eigenvalue weighted by molar-refractivity contribution is 0.155. The molecule has 1 aliphatic heterocycles. The number of hydrogen-bond acceptors (Lipinski definition) is 3. The predicted octanol–water partition coefficient (Wildman–Crippen LogP) is 2.58. The molecule has 0 saturated carbocycles. The first kappa shape index (κ1) is 11.8. The number of anilines is 1. The third-order valence-corrected chi connectivity index (χ3v) is 3.11. The van der Waals surface area contributed by atoms with Crippen LogP contribution in [0, 0.1) is 0 Å². The van der Waals surface area contributed by atoms with Crippen LogP contribution >= 0.6 is 0 Å². The number of amides is 1. The van der Waals surface area contributed by atoms with E-state index in [0.29, 0.717) is 5.82 Å². The van der Waals surface area contributed by atoms with Gasteiger partial charge in [0, 0.05) is 18.3 Å². The van der Waals surface area contributed by atoms with Crippen molar-refractivity contribution in [2.24, 2.45) is 0 Å². The highest BCUT2D eigenvalue weighted by molar-refractivity contribution is 5.83. The number of benzene rings is 1. The van der Waals surface area contributed by atoms with Crippen LogP contribution in [0.1, 0.15) is 17.7 Å². The molecule has 1 N–H and O–H groups in total. The van der Waals surface area contributed by atoms with Crippen LogP contribution in [-0.2, 0) is 24.3 Å². The van der Waals surface area contributed by atoms with Gasteiger partial charge in [-0.2, -0.15) is 5.10 Å². The van der Waals surface area contributed by atoms with Crippen LogP contribution in [0.4, 0.5) is 10.6 Å². The van der Waals surface area contributed by atoms with Crippen LogP contribution in [0.2, 0.25) is 0 Å². The first-order valence-corrected chi connectivity index (χ1v) is 6.36. The minimum Gasteiger partial charge on any atom is -0.444 e. The van der Waals surface area contributed by atoms with Crippen molar-refractivity contribution in [1.29, 1.82) is 0 Å². The number of fused-ring (bicyclic) bond motifs is 1. The summed E-state index contributed by atoms with van der Waals surface area (Å²) in [6.07, 6.45) is 1.68. The number of nitrogens with zero attached hydrogens (tertiary/aromatic N) is 2. The Hall–Kier alpha value is -2.30. The number of hydrogen-bond donors (Lipinski definition) is 1. The van der Waals surface area contributed by atoms with Crippen molar-refractivity contribution in [2.45, 2.75) is 26.0 Å². The highest BCUT2D eigenvalue weighted by Crippen LogP contribution is 2.18. The molecule has 1 amide bonds. The van der Waals surface area contributed by atoms with Crippen LogP contribution < -0.4 is 5.32 Å². The molecule has 0 aliphatic carbocycles. The van der Waals surface area contributed by atoms with Gasteiger partial charge in [0.2, 0.25) is 0 Å². The molecule has 0 fully saturated rings. The molecule has 0 unspecified atom stereocenters. The Balaban J connectivity index is 1.53. The fraction of sp³-hybridized carbons (Fsp3) is 0.286. The molecule has 2 heterocycles. The maximum Gasteiger partial charge on any atom is 0.413 e. The van der Waals surface area contributed by atoms with Gasteiger partial charge in [-0.25, -0.2) is 4.79 Å². The third kappa shape index (κ3) is 2.76. The zero-order valence-corrected chi connectivity index (χ0v) is 10.5. The Bertz CT molecular complexity index is 556. The minimum atomic E-state index is -0.472. The average Bonchev–Trinajstić information content (AvgIpc) is 2.98. The summed E-state index contributed by atoms with van der Waals surface area (Å²) in [5.74, 6) is 0.563. The second-order valence-corrected chi connectivity index (χ2v) is 4.53. The van der Waals surface area contributed by atoms with E-state index >= 15 is 0 Å². The van der Waals surface area contributed by atoms with Gasteiger partial charge in [0.05, 0.1) is 0 Å². The first-order chi connectivity index (χ1) is 9.31. The molecular weight excluding hydrogens is 242 g/mol. The number of rotatable bonds is 3. The van der Waals surface area contributed by atoms with Crippen molar-refractivity contribution in [3.05, 3.63) is 47.7 Å². The van der Waals surface area contributed by atoms with Gasteiger partial charge in [-0.15, -0.1) is 0 Å². The normalized spacial score (nSPS) is 13.1. The van der Waals surface area contributed by atoms with Crippen molar-refractivity contribution in [2.75, 3.05) is 5.32 Å². The molecule has 98 valence electrons. The van der Waals surface area contributed by atoms with Gasteiger partial charge >= 0.3 is 6.09 Å². The molecule has 19 heavy (non-hydrogen) atoms. The molecule has 0 radical (unpaired) electrons. The van der Waals surface area contributed by atoms with E-state index in [-0.39, 0.29) is 6.61 Å². The molecular formula is C14H15N3O2. The van der Waals surface area contributed by atoms with Gasteiger partial charge in [0.1, 0.15) is 6.61 Å². The van der Waals surface area contributed by atoms with E-state index < -0.39 is 6.09 Å². The molecule has 0 spiro atoms. The average molecular weight is 257 g/mol. The quantitative estimate of drug-likeness (QED) is 0.919. The summed E-state index contributed by atoms with van der Waals surface area (Å²) in [5.41, 5.74) is 2.13. The van der Waals surface area contributed by atoms with E-state index in [1.807, 2.05) is 41.1 Å². The number of aromatic nitrogens is 2. The molecule has 5 nitrogen and oxygen atoms in total. The summed E-state index contributed by atoms with van der Waals surface area (Å²) < 4.78 is 7.06. The van der Waals surface area contributed by atoms with Gasteiger partial charge in [-0.1, -0.05) is 30.3 Å². The van der Waals surface area contributed by atoms with Gasteiger partial charge in [0.15, 0.2) is 5.82 Å². The van der Waals surface area contributed by atoms with E-state index in [1.54, 1.807) is 0 Å². The van der Waals surface area contributed by atoms with Crippen LogP contribution in [0.15, 0.2) is 36.4 Å². The Morgan fingerprint density at radius 1 is 1.37 bits per heavy atom. The maximum absolute atomic E-state index is 11.6. The van der Waals surface area contributed by atoms with Gasteiger partial charge in [0.25, 0.3) is 0 Å². The summed E-state index contributed by atoms with van der Waals surface area (Å²) >= 11 is 0. The van der Waals surface area contributed by atoms with E-state index in [0.717, 1.165) is 24.9 Å². The molecule has 2 aromatic rings. The molecule has 1 aromatic carbocycles. The van der Waals surface area contributed by atoms with Crippen molar-refractivity contribution in [3.63, 3.8) is 0 Å². The predicted molar refractivity (Wildman–Crippen MR) is 70.8 cm³/mol. The summed E-state index contributed by atoms with van der Waals surface area (Å²) in [7, 11) is 0. The Labute approximate surface area is 111 Å². The zero-order valence-electron chi connectivity index (χ0n) is 10.5. The number of carbonyl (C=O) groups is 1. The summed E-state index contributed by atoms with van der Waals surface area (Å²) in [4.78, 5) is 11.6. The van der Waals surface area contributed by atoms with Crippen LogP contribution in [-0.4, -0.2) is 15.9 Å². The van der Waals surface area contributed by atoms with Crippen LogP contribution in [0.3, 0.4) is 0 Å². The van der Waals surface area contributed by atoms with Gasteiger partial charge in [-0.05, 0) is 18.4 Å². The highest BCUT2D eigenvalue weighted by Gasteiger charge is 2.15. The standard InChI is InChI=1S/C14H15N3O2/c18-14(19-10-11-5-2-1-3-6-11)15-13-9-12-7-4-8-17(12)16-13/h1-3,5-6,9H,4,7-8,10H2,(H,15,16,18). The van der Waals surface area contributed by atoms with Crippen molar-refractivity contribution in [1.82, 2.24) is 9.78 Å². The maximum atomic E-state index is 11.6. The topological polar surface area (TPSA) is 56.2 Å². The number of aryl methyl sites for hydroxylation is 2. The van der Waals surface area contributed by atoms with Crippen molar-refractivity contribution in [3.8, 4) is 0 Å². The van der Waals surface area contributed by atoms with Crippen LogP contribution in [0.5, 0.6) is 0 Å². The lowest BCUT2D eigenvalue weighted by atomic mass is 10.2. The molecule has 0 bridgehead atoms. The first-order valence-electron chi connectivity index (χ1n) is 6.36. The van der Waals surface area contributed by atoms with Gasteiger partial charge < -0.3 is 4.74 Å². The lowest BCUT2D eigenvalue weighted by Gasteiger charge is -2.04. The summed E-state index contributed by atoms with van der Waals surface area (Å²) in [6.45, 7) is 1.19. The van der Waals surface area contributed by atoms with Crippen molar-refractivity contribution < 1.29 is 9.53 Å². The minimum absolute atomic E-state index is 0.264. The summed E-state index contributed by atoms with van der Waals surface area (Å²) in [5, 5.41) is 6.94. The molecule has 0 saturated heterocycles. The molecule has 5 heteroatoms. The second-order valence-electron chi connectivity index (χ2n) is 4.53. The molecule has 1 aliphatic rings. The highest BCUT2D eigenvalue weighted by atomic mass is 16.5. The zero-order chi connectivity index (χ0) is 13.1. The van der Waals surface area contributed by atoms with E-state index in [9.17, 15) is 4.79 Å². The van der Waals surface area contributed by atoms with E-state index in [1.165, 1.54) is 5.69 Å². The Morgan fingerprint density at radius 2 is 2.21 bits per heavy atom. The lowest BCUT2D eigenvalue weighted by Crippen LogP contribution is -2.14. The van der Waals surface area contributed by atoms with E-state index in [4.69, 9.17) is 4.74 Å². The fourth-order valence-corrected chi connectivity index (χ4v) is 2.19. The third-order valence-electron chi connectivity index (χ3n) is 3.11. The van der Waals surface area contributed by atoms with E-state index in [2.05, 4.69) is 10.4 Å². The Kier molecular flexibility index (Phi) is 3.18. The van der Waals surface area contributed by atoms with Crippen LogP contribution in [0.25, 0.3) is 0 Å². The second kappa shape index (κ2) is 5.14. The molecule has 1 aromatic heterocycles. The number of carbonyl (C=O) groups excluding carboxylic acids is 1. The fourth-order valence-electron chi connectivity index (χ4n) is 2.19.